The van der Waals surface area contributed by atoms with E-state index in [1.54, 1.807) is 30.3 Å². The van der Waals surface area contributed by atoms with Crippen molar-refractivity contribution in [2.24, 2.45) is 0 Å². The second-order valence-corrected chi connectivity index (χ2v) is 4.73. The van der Waals surface area contributed by atoms with Gasteiger partial charge in [0.2, 0.25) is 0 Å². The summed E-state index contributed by atoms with van der Waals surface area (Å²) in [5.74, 6) is 0. The Morgan fingerprint density at radius 1 is 0.833 bits per heavy atom. The molecule has 0 heterocycles. The molecule has 0 atom stereocenters. The van der Waals surface area contributed by atoms with Gasteiger partial charge in [0, 0.05) is 5.56 Å². The number of benzene rings is 2. The fourth-order valence-electron chi connectivity index (χ4n) is 1.55. The van der Waals surface area contributed by atoms with Gasteiger partial charge in [-0.3, -0.25) is 4.55 Å². The van der Waals surface area contributed by atoms with Crippen molar-refractivity contribution in [3.63, 3.8) is 0 Å². The summed E-state index contributed by atoms with van der Waals surface area (Å²) < 4.78 is 31.5. The highest BCUT2D eigenvalue weighted by atomic mass is 32.2. The SMILES string of the molecule is C=O.O=S(=O)(O)c1ccccc1-c1ccccc1. The molecule has 0 saturated carbocycles. The predicted octanol–water partition coefficient (Wildman–Crippen LogP) is 2.42. The summed E-state index contributed by atoms with van der Waals surface area (Å²) in [5, 5.41) is 0. The first kappa shape index (κ1) is 14.1. The maximum absolute atomic E-state index is 11.2. The molecule has 4 nitrogen and oxygen atoms in total. The van der Waals surface area contributed by atoms with Crippen molar-refractivity contribution >= 4 is 16.9 Å². The largest absolute Gasteiger partial charge is 0.307 e. The van der Waals surface area contributed by atoms with Crippen LogP contribution < -0.4 is 0 Å². The molecule has 0 aliphatic heterocycles. The van der Waals surface area contributed by atoms with Gasteiger partial charge in [0.1, 0.15) is 11.7 Å². The summed E-state index contributed by atoms with van der Waals surface area (Å²) in [4.78, 5) is 7.93. The van der Waals surface area contributed by atoms with Crippen LogP contribution in [0.3, 0.4) is 0 Å². The molecule has 0 saturated heterocycles. The van der Waals surface area contributed by atoms with Crippen LogP contribution in [0, 0.1) is 0 Å². The zero-order valence-electron chi connectivity index (χ0n) is 9.48. The Kier molecular flexibility index (Phi) is 4.76. The van der Waals surface area contributed by atoms with Crippen molar-refractivity contribution in [1.82, 2.24) is 0 Å². The van der Waals surface area contributed by atoms with Gasteiger partial charge in [-0.1, -0.05) is 48.5 Å². The molecule has 2 aromatic rings. The predicted molar refractivity (Wildman–Crippen MR) is 68.8 cm³/mol. The second-order valence-electron chi connectivity index (χ2n) is 3.34. The molecule has 94 valence electrons. The summed E-state index contributed by atoms with van der Waals surface area (Å²) in [6, 6.07) is 15.4. The van der Waals surface area contributed by atoms with Gasteiger partial charge in [-0.15, -0.1) is 0 Å². The van der Waals surface area contributed by atoms with E-state index in [9.17, 15) is 8.42 Å². The van der Waals surface area contributed by atoms with Gasteiger partial charge in [0.05, 0.1) is 0 Å². The molecule has 0 amide bonds. The Morgan fingerprint density at radius 3 is 1.89 bits per heavy atom. The third-order valence-electron chi connectivity index (χ3n) is 2.25. The van der Waals surface area contributed by atoms with E-state index in [-0.39, 0.29) is 4.90 Å². The Hall–Kier alpha value is -1.98. The van der Waals surface area contributed by atoms with Gasteiger partial charge in [-0.25, -0.2) is 0 Å². The van der Waals surface area contributed by atoms with Crippen molar-refractivity contribution in [3.05, 3.63) is 54.6 Å². The fourth-order valence-corrected chi connectivity index (χ4v) is 2.26. The molecule has 0 aliphatic rings. The molecule has 0 spiro atoms. The van der Waals surface area contributed by atoms with E-state index in [0.717, 1.165) is 5.56 Å². The van der Waals surface area contributed by atoms with Gasteiger partial charge >= 0.3 is 0 Å². The molecule has 0 unspecified atom stereocenters. The lowest BCUT2D eigenvalue weighted by atomic mass is 10.1. The summed E-state index contributed by atoms with van der Waals surface area (Å²) in [7, 11) is -4.18. The number of hydrogen-bond acceptors (Lipinski definition) is 3. The molecule has 0 radical (unpaired) electrons. The zero-order chi connectivity index (χ0) is 13.6. The molecule has 1 N–H and O–H groups in total. The van der Waals surface area contributed by atoms with Crippen LogP contribution in [0.5, 0.6) is 0 Å². The first-order chi connectivity index (χ1) is 8.59. The molecule has 0 aromatic heterocycles. The molecule has 0 aliphatic carbocycles. The summed E-state index contributed by atoms with van der Waals surface area (Å²) in [6.07, 6.45) is 0. The topological polar surface area (TPSA) is 71.4 Å². The number of carbonyl (C=O) groups excluding carboxylic acids is 1. The van der Waals surface area contributed by atoms with Gasteiger partial charge in [-0.05, 0) is 11.6 Å². The number of rotatable bonds is 2. The average molecular weight is 264 g/mol. The Bertz CT molecular complexity index is 606. The summed E-state index contributed by atoms with van der Waals surface area (Å²) in [5.41, 5.74) is 1.27. The van der Waals surface area contributed by atoms with Crippen LogP contribution in [0.2, 0.25) is 0 Å². The molecule has 0 bridgehead atoms. The number of carbonyl (C=O) groups is 1. The van der Waals surface area contributed by atoms with E-state index < -0.39 is 10.1 Å². The highest BCUT2D eigenvalue weighted by Crippen LogP contribution is 2.26. The zero-order valence-corrected chi connectivity index (χ0v) is 10.3. The van der Waals surface area contributed by atoms with E-state index in [4.69, 9.17) is 9.35 Å². The van der Waals surface area contributed by atoms with Crippen LogP contribution in [0.1, 0.15) is 0 Å². The quantitative estimate of drug-likeness (QED) is 0.845. The first-order valence-corrected chi connectivity index (χ1v) is 6.44. The van der Waals surface area contributed by atoms with Crippen LogP contribution in [-0.4, -0.2) is 19.8 Å². The minimum Gasteiger partial charge on any atom is -0.307 e. The third-order valence-corrected chi connectivity index (χ3v) is 3.16. The van der Waals surface area contributed by atoms with Crippen LogP contribution in [-0.2, 0) is 14.9 Å². The van der Waals surface area contributed by atoms with E-state index in [0.29, 0.717) is 5.56 Å². The summed E-state index contributed by atoms with van der Waals surface area (Å²) >= 11 is 0. The van der Waals surface area contributed by atoms with Crippen molar-refractivity contribution in [2.75, 3.05) is 0 Å². The fraction of sp³-hybridized carbons (Fsp3) is 0. The van der Waals surface area contributed by atoms with E-state index >= 15 is 0 Å². The smallest absolute Gasteiger partial charge is 0.295 e. The van der Waals surface area contributed by atoms with Gasteiger partial charge in [-0.2, -0.15) is 8.42 Å². The van der Waals surface area contributed by atoms with Crippen molar-refractivity contribution < 1.29 is 17.8 Å². The van der Waals surface area contributed by atoms with Crippen LogP contribution in [0.25, 0.3) is 11.1 Å². The van der Waals surface area contributed by atoms with Crippen molar-refractivity contribution in [3.8, 4) is 11.1 Å². The standard InChI is InChI=1S/C12H10O3S.CH2O/c13-16(14,15)12-9-5-4-8-11(12)10-6-2-1-3-7-10;1-2/h1-9H,(H,13,14,15);1H2. The normalized spacial score (nSPS) is 10.3. The first-order valence-electron chi connectivity index (χ1n) is 5.00. The molecular weight excluding hydrogens is 252 g/mol. The van der Waals surface area contributed by atoms with Gasteiger partial charge in [0.15, 0.2) is 0 Å². The van der Waals surface area contributed by atoms with Crippen LogP contribution >= 0.6 is 0 Å². The highest BCUT2D eigenvalue weighted by molar-refractivity contribution is 7.86. The maximum Gasteiger partial charge on any atom is 0.295 e. The minimum atomic E-state index is -4.18. The molecule has 2 aromatic carbocycles. The number of hydrogen-bond donors (Lipinski definition) is 1. The third kappa shape index (κ3) is 3.26. The molecule has 18 heavy (non-hydrogen) atoms. The maximum atomic E-state index is 11.2. The van der Waals surface area contributed by atoms with Crippen molar-refractivity contribution in [2.45, 2.75) is 4.90 Å². The van der Waals surface area contributed by atoms with E-state index in [1.165, 1.54) is 6.07 Å². The lowest BCUT2D eigenvalue weighted by Crippen LogP contribution is -2.00. The monoisotopic (exact) mass is 264 g/mol. The molecule has 0 fully saturated rings. The minimum absolute atomic E-state index is 0.0683. The van der Waals surface area contributed by atoms with Gasteiger partial charge < -0.3 is 4.79 Å². The Morgan fingerprint density at radius 2 is 1.33 bits per heavy atom. The summed E-state index contributed by atoms with van der Waals surface area (Å²) in [6.45, 7) is 2.00. The van der Waals surface area contributed by atoms with Gasteiger partial charge in [0.25, 0.3) is 10.1 Å². The Balaban J connectivity index is 0.000000771. The van der Waals surface area contributed by atoms with Crippen LogP contribution in [0.4, 0.5) is 0 Å². The molecular formula is C13H12O4S. The highest BCUT2D eigenvalue weighted by Gasteiger charge is 2.15. The van der Waals surface area contributed by atoms with Crippen molar-refractivity contribution in [1.29, 1.82) is 0 Å². The second kappa shape index (κ2) is 6.09. The Labute approximate surface area is 106 Å². The lowest BCUT2D eigenvalue weighted by molar-refractivity contribution is -0.0979. The van der Waals surface area contributed by atoms with Crippen LogP contribution in [0.15, 0.2) is 59.5 Å². The van der Waals surface area contributed by atoms with E-state index in [1.807, 2.05) is 25.0 Å². The molecule has 5 heteroatoms. The average Bonchev–Trinajstić information content (AvgIpc) is 2.41. The lowest BCUT2D eigenvalue weighted by Gasteiger charge is -2.06. The van der Waals surface area contributed by atoms with E-state index in [2.05, 4.69) is 0 Å². The molecule has 2 rings (SSSR count).